The molecule has 0 aromatic carbocycles. The summed E-state index contributed by atoms with van der Waals surface area (Å²) >= 11 is 7.36. The van der Waals surface area contributed by atoms with Crippen LogP contribution in [-0.2, 0) is 0 Å². The van der Waals surface area contributed by atoms with Gasteiger partial charge in [-0.15, -0.1) is 35.3 Å². The molecule has 0 radical (unpaired) electrons. The van der Waals surface area contributed by atoms with Crippen molar-refractivity contribution in [2.24, 2.45) is 10.4 Å². The number of rotatable bonds is 4. The molecule has 2 aliphatic rings. The molecule has 2 heterocycles. The van der Waals surface area contributed by atoms with Gasteiger partial charge in [0.15, 0.2) is 5.96 Å². The highest BCUT2D eigenvalue weighted by molar-refractivity contribution is 14.0. The number of hydrogen-bond acceptors (Lipinski definition) is 3. The van der Waals surface area contributed by atoms with Crippen LogP contribution in [0, 0.1) is 5.41 Å². The minimum Gasteiger partial charge on any atom is -0.386 e. The van der Waals surface area contributed by atoms with E-state index in [1.165, 1.54) is 43.4 Å². The van der Waals surface area contributed by atoms with Crippen LogP contribution in [0.5, 0.6) is 0 Å². The Kier molecular flexibility index (Phi) is 7.64. The molecule has 7 heteroatoms. The Hall–Kier alpha value is -0.0500. The highest BCUT2D eigenvalue weighted by atomic mass is 127. The van der Waals surface area contributed by atoms with Gasteiger partial charge in [-0.05, 0) is 43.7 Å². The lowest BCUT2D eigenvalue weighted by Crippen LogP contribution is -2.41. The van der Waals surface area contributed by atoms with Crippen molar-refractivity contribution >= 4 is 52.9 Å². The zero-order valence-electron chi connectivity index (χ0n) is 14.1. The van der Waals surface area contributed by atoms with E-state index in [0.717, 1.165) is 30.5 Å². The van der Waals surface area contributed by atoms with Gasteiger partial charge in [0.1, 0.15) is 6.10 Å². The Bertz CT molecular complexity index is 560. The summed E-state index contributed by atoms with van der Waals surface area (Å²) in [5.74, 6) is 0.943. The molecule has 4 nitrogen and oxygen atoms in total. The monoisotopic (exact) mass is 483 g/mol. The molecular weight excluding hydrogens is 457 g/mol. The van der Waals surface area contributed by atoms with Crippen LogP contribution in [0.2, 0.25) is 4.34 Å². The smallest absolute Gasteiger partial charge is 0.194 e. The Balaban J connectivity index is 0.00000208. The Morgan fingerprint density at radius 1 is 1.42 bits per heavy atom. The second kappa shape index (κ2) is 9.05. The summed E-state index contributed by atoms with van der Waals surface area (Å²) in [6.45, 7) is 5.50. The van der Waals surface area contributed by atoms with Gasteiger partial charge >= 0.3 is 0 Å². The van der Waals surface area contributed by atoms with Gasteiger partial charge in [-0.3, -0.25) is 4.99 Å². The number of aliphatic hydroxyl groups excluding tert-OH is 1. The number of nitrogens with zero attached hydrogens (tertiary/aromatic N) is 2. The van der Waals surface area contributed by atoms with E-state index >= 15 is 0 Å². The van der Waals surface area contributed by atoms with Crippen molar-refractivity contribution in [2.45, 2.75) is 45.1 Å². The fraction of sp³-hybridized carbons (Fsp3) is 0.706. The van der Waals surface area contributed by atoms with Crippen LogP contribution in [0.3, 0.4) is 0 Å². The van der Waals surface area contributed by atoms with E-state index in [1.807, 2.05) is 12.1 Å². The highest BCUT2D eigenvalue weighted by Gasteiger charge is 2.41. The third-order valence-electron chi connectivity index (χ3n) is 5.07. The quantitative estimate of drug-likeness (QED) is 0.382. The largest absolute Gasteiger partial charge is 0.386 e. The maximum absolute atomic E-state index is 10.3. The minimum atomic E-state index is -0.579. The number of nitrogens with one attached hydrogen (secondary N) is 1. The molecule has 1 aliphatic carbocycles. The third-order valence-corrected chi connectivity index (χ3v) is 6.41. The van der Waals surface area contributed by atoms with Crippen LogP contribution in [0.4, 0.5) is 0 Å². The molecule has 24 heavy (non-hydrogen) atoms. The van der Waals surface area contributed by atoms with Crippen LogP contribution in [0.1, 0.15) is 50.0 Å². The van der Waals surface area contributed by atoms with Crippen LogP contribution in [0.25, 0.3) is 0 Å². The van der Waals surface area contributed by atoms with Crippen LogP contribution in [0.15, 0.2) is 17.1 Å². The van der Waals surface area contributed by atoms with Crippen LogP contribution in [-0.4, -0.2) is 42.1 Å². The van der Waals surface area contributed by atoms with Gasteiger partial charge in [0, 0.05) is 24.5 Å². The molecular formula is C17H27ClIN3OS. The molecule has 2 N–H and O–H groups in total. The maximum Gasteiger partial charge on any atom is 0.194 e. The van der Waals surface area contributed by atoms with Gasteiger partial charge in [-0.25, -0.2) is 0 Å². The van der Waals surface area contributed by atoms with Crippen molar-refractivity contribution < 1.29 is 5.11 Å². The molecule has 136 valence electrons. The molecule has 1 atom stereocenters. The Morgan fingerprint density at radius 3 is 2.79 bits per heavy atom. The molecule has 0 bridgehead atoms. The molecule has 1 aromatic heterocycles. The first-order chi connectivity index (χ1) is 11.1. The lowest BCUT2D eigenvalue weighted by molar-refractivity contribution is 0.190. The van der Waals surface area contributed by atoms with E-state index in [4.69, 9.17) is 11.6 Å². The number of guanidine groups is 1. The first-order valence-corrected chi connectivity index (χ1v) is 9.78. The number of thiophene rings is 1. The standard InChI is InChI=1S/C17H26ClN3OS.HI/c1-2-19-16(20-11-13(22)14-5-6-15(18)23-14)21-10-9-17(12-21)7-3-4-8-17;/h5-6,13,22H,2-4,7-12H2,1H3,(H,19,20);1H. The zero-order valence-corrected chi connectivity index (χ0v) is 18.0. The summed E-state index contributed by atoms with van der Waals surface area (Å²) in [4.78, 5) is 7.94. The van der Waals surface area contributed by atoms with Crippen molar-refractivity contribution in [3.8, 4) is 0 Å². The number of hydrogen-bond donors (Lipinski definition) is 2. The molecule has 1 unspecified atom stereocenters. The van der Waals surface area contributed by atoms with Crippen molar-refractivity contribution in [1.29, 1.82) is 0 Å². The summed E-state index contributed by atoms with van der Waals surface area (Å²) in [7, 11) is 0. The van der Waals surface area contributed by atoms with E-state index in [0.29, 0.717) is 16.3 Å². The fourth-order valence-corrected chi connectivity index (χ4v) is 4.88. The number of likely N-dealkylation sites (tertiary alicyclic amines) is 1. The van der Waals surface area contributed by atoms with Crippen LogP contribution >= 0.6 is 46.9 Å². The molecule has 1 aliphatic heterocycles. The lowest BCUT2D eigenvalue weighted by Gasteiger charge is -2.26. The molecule has 3 rings (SSSR count). The van der Waals surface area contributed by atoms with E-state index in [-0.39, 0.29) is 24.0 Å². The SMILES string of the molecule is CCNC(=NCC(O)c1ccc(Cl)s1)N1CCC2(CCCC2)C1.I. The summed E-state index contributed by atoms with van der Waals surface area (Å²) in [6.07, 6.45) is 6.17. The average Bonchev–Trinajstić information content (AvgIpc) is 3.26. The molecule has 1 spiro atoms. The predicted octanol–water partition coefficient (Wildman–Crippen LogP) is 4.28. The van der Waals surface area contributed by atoms with Gasteiger partial charge < -0.3 is 15.3 Å². The van der Waals surface area contributed by atoms with E-state index in [2.05, 4.69) is 22.1 Å². The van der Waals surface area contributed by atoms with E-state index in [1.54, 1.807) is 0 Å². The second-order valence-electron chi connectivity index (χ2n) is 6.73. The van der Waals surface area contributed by atoms with Crippen molar-refractivity contribution in [3.05, 3.63) is 21.3 Å². The predicted molar refractivity (Wildman–Crippen MR) is 113 cm³/mol. The van der Waals surface area contributed by atoms with Crippen molar-refractivity contribution in [2.75, 3.05) is 26.2 Å². The zero-order chi connectivity index (χ0) is 16.3. The number of aliphatic hydroxyl groups is 1. The van der Waals surface area contributed by atoms with Crippen molar-refractivity contribution in [1.82, 2.24) is 10.2 Å². The van der Waals surface area contributed by atoms with Crippen molar-refractivity contribution in [3.63, 3.8) is 0 Å². The first kappa shape index (κ1) is 20.3. The summed E-state index contributed by atoms with van der Waals surface area (Å²) in [5, 5.41) is 13.7. The topological polar surface area (TPSA) is 47.9 Å². The van der Waals surface area contributed by atoms with Gasteiger partial charge in [-0.2, -0.15) is 0 Å². The Morgan fingerprint density at radius 2 is 2.17 bits per heavy atom. The molecule has 1 saturated heterocycles. The van der Waals surface area contributed by atoms with Gasteiger partial charge in [0.05, 0.1) is 10.9 Å². The number of aliphatic imine (C=N–C) groups is 1. The summed E-state index contributed by atoms with van der Waals surface area (Å²) in [6, 6.07) is 3.70. The number of halogens is 2. The molecule has 2 fully saturated rings. The van der Waals surface area contributed by atoms with E-state index < -0.39 is 6.10 Å². The fourth-order valence-electron chi connectivity index (χ4n) is 3.85. The summed E-state index contributed by atoms with van der Waals surface area (Å²) < 4.78 is 0.706. The second-order valence-corrected chi connectivity index (χ2v) is 8.48. The highest BCUT2D eigenvalue weighted by Crippen LogP contribution is 2.45. The Labute approximate surface area is 170 Å². The molecule has 0 amide bonds. The van der Waals surface area contributed by atoms with Crippen LogP contribution < -0.4 is 5.32 Å². The van der Waals surface area contributed by atoms with Gasteiger partial charge in [-0.1, -0.05) is 24.4 Å². The van der Waals surface area contributed by atoms with E-state index in [9.17, 15) is 5.11 Å². The normalized spacial score (nSPS) is 21.1. The third kappa shape index (κ3) is 4.77. The van der Waals surface area contributed by atoms with Gasteiger partial charge in [0.2, 0.25) is 0 Å². The summed E-state index contributed by atoms with van der Waals surface area (Å²) in [5.41, 5.74) is 0.524. The average molecular weight is 484 g/mol. The molecule has 1 saturated carbocycles. The minimum absolute atomic E-state index is 0. The lowest BCUT2D eigenvalue weighted by atomic mass is 9.86. The maximum atomic E-state index is 10.3. The molecule has 1 aromatic rings. The first-order valence-electron chi connectivity index (χ1n) is 8.58. The van der Waals surface area contributed by atoms with Gasteiger partial charge in [0.25, 0.3) is 0 Å².